The van der Waals surface area contributed by atoms with Gasteiger partial charge in [0.2, 0.25) is 0 Å². The van der Waals surface area contributed by atoms with Crippen LogP contribution in [0.25, 0.3) is 10.9 Å². The summed E-state index contributed by atoms with van der Waals surface area (Å²) in [6.07, 6.45) is 11.2. The van der Waals surface area contributed by atoms with Crippen LogP contribution in [0.15, 0.2) is 23.0 Å². The van der Waals surface area contributed by atoms with E-state index >= 15 is 0 Å². The Kier molecular flexibility index (Phi) is 6.42. The van der Waals surface area contributed by atoms with Gasteiger partial charge in [0.05, 0.1) is 18.2 Å². The van der Waals surface area contributed by atoms with E-state index < -0.39 is 0 Å². The number of aryl methyl sites for hydroxylation is 2. The molecule has 4 heterocycles. The molecule has 2 aliphatic heterocycles. The molecule has 1 aromatic carbocycles. The number of piperidine rings is 1. The van der Waals surface area contributed by atoms with Crippen LogP contribution in [0.4, 0.5) is 0 Å². The van der Waals surface area contributed by atoms with Crippen molar-refractivity contribution in [3.05, 3.63) is 51.1 Å². The lowest BCUT2D eigenvalue weighted by Gasteiger charge is -2.47. The molecule has 3 aliphatic rings. The molecular formula is C28H38N6O2. The maximum Gasteiger partial charge on any atom is 0.253 e. The summed E-state index contributed by atoms with van der Waals surface area (Å²) in [4.78, 5) is 19.4. The summed E-state index contributed by atoms with van der Waals surface area (Å²) in [6.45, 7) is 7.53. The molecule has 3 aromatic rings. The van der Waals surface area contributed by atoms with Crippen molar-refractivity contribution in [1.82, 2.24) is 30.1 Å². The van der Waals surface area contributed by atoms with Gasteiger partial charge in [-0.3, -0.25) is 9.69 Å². The standard InChI is InChI=1S/C28H38N6O2/c1-19-14-20(2)24-21(15-19)16-23(27(35)29-24)25(26-30-31-32-34(26)17-22-8-6-13-36-22)33-12-7-11-28(18-33)9-4-3-5-10-28/h14-16,22,25H,3-13,17-18H2,1-2H3,(H,29,35)/t22-,25+/m0/s1. The van der Waals surface area contributed by atoms with Gasteiger partial charge in [0, 0.05) is 18.7 Å². The molecule has 8 nitrogen and oxygen atoms in total. The van der Waals surface area contributed by atoms with Crippen LogP contribution >= 0.6 is 0 Å². The van der Waals surface area contributed by atoms with Crippen LogP contribution < -0.4 is 5.56 Å². The van der Waals surface area contributed by atoms with Crippen LogP contribution in [0, 0.1) is 19.3 Å². The Hall–Kier alpha value is -2.58. The fraction of sp³-hybridized carbons (Fsp3) is 0.643. The molecule has 1 N–H and O–H groups in total. The summed E-state index contributed by atoms with van der Waals surface area (Å²) < 4.78 is 7.81. The van der Waals surface area contributed by atoms with Crippen LogP contribution in [-0.2, 0) is 11.3 Å². The highest BCUT2D eigenvalue weighted by Gasteiger charge is 2.41. The second-order valence-electron chi connectivity index (χ2n) is 11.5. The largest absolute Gasteiger partial charge is 0.376 e. The van der Waals surface area contributed by atoms with E-state index in [-0.39, 0.29) is 17.7 Å². The molecule has 2 saturated heterocycles. The van der Waals surface area contributed by atoms with E-state index in [0.717, 1.165) is 66.8 Å². The van der Waals surface area contributed by atoms with Crippen LogP contribution in [0.2, 0.25) is 0 Å². The molecule has 3 fully saturated rings. The first kappa shape index (κ1) is 23.8. The smallest absolute Gasteiger partial charge is 0.253 e. The van der Waals surface area contributed by atoms with Crippen molar-refractivity contribution in [2.75, 3.05) is 19.7 Å². The van der Waals surface area contributed by atoms with Crippen molar-refractivity contribution in [3.63, 3.8) is 0 Å². The number of nitrogens with one attached hydrogen (secondary N) is 1. The fourth-order valence-electron chi connectivity index (χ4n) is 7.10. The predicted octanol–water partition coefficient (Wildman–Crippen LogP) is 4.45. The lowest BCUT2D eigenvalue weighted by molar-refractivity contribution is 0.0326. The Balaban J connectivity index is 1.45. The summed E-state index contributed by atoms with van der Waals surface area (Å²) in [5.41, 5.74) is 4.23. The van der Waals surface area contributed by atoms with E-state index in [0.29, 0.717) is 12.0 Å². The van der Waals surface area contributed by atoms with Gasteiger partial charge < -0.3 is 9.72 Å². The van der Waals surface area contributed by atoms with Crippen molar-refractivity contribution < 1.29 is 4.74 Å². The number of benzene rings is 1. The summed E-state index contributed by atoms with van der Waals surface area (Å²) in [7, 11) is 0. The van der Waals surface area contributed by atoms with Crippen molar-refractivity contribution in [2.24, 2.45) is 5.41 Å². The monoisotopic (exact) mass is 490 g/mol. The van der Waals surface area contributed by atoms with E-state index in [1.165, 1.54) is 44.1 Å². The number of hydrogen-bond acceptors (Lipinski definition) is 6. The minimum Gasteiger partial charge on any atom is -0.376 e. The first-order valence-electron chi connectivity index (χ1n) is 13.8. The lowest BCUT2D eigenvalue weighted by atomic mass is 9.69. The molecule has 0 radical (unpaired) electrons. The third-order valence-corrected chi connectivity index (χ3v) is 8.79. The Morgan fingerprint density at radius 1 is 1.11 bits per heavy atom. The Morgan fingerprint density at radius 3 is 2.75 bits per heavy atom. The van der Waals surface area contributed by atoms with Gasteiger partial charge >= 0.3 is 0 Å². The molecule has 0 unspecified atom stereocenters. The second-order valence-corrected chi connectivity index (χ2v) is 11.5. The number of pyridine rings is 1. The molecule has 1 spiro atoms. The molecule has 2 aromatic heterocycles. The topological polar surface area (TPSA) is 88.9 Å². The molecule has 2 atom stereocenters. The lowest BCUT2D eigenvalue weighted by Crippen LogP contribution is -2.47. The number of ether oxygens (including phenoxy) is 1. The van der Waals surface area contributed by atoms with Crippen molar-refractivity contribution in [2.45, 2.75) is 90.3 Å². The fourth-order valence-corrected chi connectivity index (χ4v) is 7.10. The zero-order chi connectivity index (χ0) is 24.7. The zero-order valence-electron chi connectivity index (χ0n) is 21.6. The van der Waals surface area contributed by atoms with Crippen LogP contribution in [-0.4, -0.2) is 55.9 Å². The molecule has 6 rings (SSSR count). The Morgan fingerprint density at radius 2 is 1.94 bits per heavy atom. The van der Waals surface area contributed by atoms with Gasteiger partial charge in [-0.15, -0.1) is 5.10 Å². The number of fused-ring (bicyclic) bond motifs is 1. The highest BCUT2D eigenvalue weighted by atomic mass is 16.5. The Labute approximate surface area is 212 Å². The van der Waals surface area contributed by atoms with E-state index in [2.05, 4.69) is 57.5 Å². The number of hydrogen-bond donors (Lipinski definition) is 1. The van der Waals surface area contributed by atoms with Crippen molar-refractivity contribution >= 4 is 10.9 Å². The average Bonchev–Trinajstić information content (AvgIpc) is 3.54. The van der Waals surface area contributed by atoms with E-state index in [4.69, 9.17) is 4.74 Å². The molecule has 0 amide bonds. The van der Waals surface area contributed by atoms with Crippen LogP contribution in [0.3, 0.4) is 0 Å². The van der Waals surface area contributed by atoms with Gasteiger partial charge in [-0.2, -0.15) is 0 Å². The Bertz CT molecular complexity index is 1280. The average molecular weight is 491 g/mol. The molecule has 1 saturated carbocycles. The molecule has 1 aliphatic carbocycles. The number of aromatic nitrogens is 5. The first-order valence-corrected chi connectivity index (χ1v) is 13.8. The zero-order valence-corrected chi connectivity index (χ0v) is 21.6. The van der Waals surface area contributed by atoms with Gasteiger partial charge in [-0.1, -0.05) is 30.9 Å². The van der Waals surface area contributed by atoms with Gasteiger partial charge in [-0.05, 0) is 97.8 Å². The summed E-state index contributed by atoms with van der Waals surface area (Å²) >= 11 is 0. The number of nitrogens with zero attached hydrogens (tertiary/aromatic N) is 5. The minimum absolute atomic E-state index is 0.0469. The van der Waals surface area contributed by atoms with Gasteiger partial charge in [0.15, 0.2) is 5.82 Å². The second kappa shape index (κ2) is 9.71. The van der Waals surface area contributed by atoms with Gasteiger partial charge in [-0.25, -0.2) is 4.68 Å². The molecule has 8 heteroatoms. The number of tetrazole rings is 1. The van der Waals surface area contributed by atoms with Crippen LogP contribution in [0.5, 0.6) is 0 Å². The summed E-state index contributed by atoms with van der Waals surface area (Å²) in [6, 6.07) is 6.09. The van der Waals surface area contributed by atoms with Crippen LogP contribution in [0.1, 0.15) is 86.3 Å². The molecular weight excluding hydrogens is 452 g/mol. The van der Waals surface area contributed by atoms with E-state index in [1.54, 1.807) is 0 Å². The van der Waals surface area contributed by atoms with Crippen molar-refractivity contribution in [1.29, 1.82) is 0 Å². The maximum absolute atomic E-state index is 13.7. The normalized spacial score (nSPS) is 23.4. The third-order valence-electron chi connectivity index (χ3n) is 8.79. The third kappa shape index (κ3) is 4.50. The number of likely N-dealkylation sites (tertiary alicyclic amines) is 1. The minimum atomic E-state index is -0.283. The number of H-pyrrole nitrogens is 1. The first-order chi connectivity index (χ1) is 17.5. The van der Waals surface area contributed by atoms with Crippen molar-refractivity contribution in [3.8, 4) is 0 Å². The van der Waals surface area contributed by atoms with E-state index in [1.807, 2.05) is 4.68 Å². The number of rotatable bonds is 5. The van der Waals surface area contributed by atoms with Gasteiger partial charge in [0.25, 0.3) is 5.56 Å². The maximum atomic E-state index is 13.7. The number of aromatic amines is 1. The molecule has 36 heavy (non-hydrogen) atoms. The molecule has 0 bridgehead atoms. The molecule has 192 valence electrons. The summed E-state index contributed by atoms with van der Waals surface area (Å²) in [5, 5.41) is 14.1. The summed E-state index contributed by atoms with van der Waals surface area (Å²) in [5.74, 6) is 0.757. The SMILES string of the molecule is Cc1cc(C)c2[nH]c(=O)c([C@H](c3nnnn3C[C@@H]3CCCO3)N3CCCC4(CCCCC4)C3)cc2c1. The van der Waals surface area contributed by atoms with E-state index in [9.17, 15) is 4.79 Å². The van der Waals surface area contributed by atoms with Gasteiger partial charge in [0.1, 0.15) is 6.04 Å². The quantitative estimate of drug-likeness (QED) is 0.569. The highest BCUT2D eigenvalue weighted by Crippen LogP contribution is 2.45. The predicted molar refractivity (Wildman–Crippen MR) is 139 cm³/mol. The highest BCUT2D eigenvalue weighted by molar-refractivity contribution is 5.83.